The lowest BCUT2D eigenvalue weighted by Crippen LogP contribution is -2.51. The highest BCUT2D eigenvalue weighted by atomic mass is 19.4. The van der Waals surface area contributed by atoms with Gasteiger partial charge in [0.1, 0.15) is 0 Å². The SMILES string of the molecule is CCCN1CCC(N2C[C@@H](NCc3ccc(C(F)(F)F)cc3)C[C@H]2C(=O)NCCOC)CC1. The molecule has 3 rings (SSSR count). The maximum atomic E-state index is 12.9. The van der Waals surface area contributed by atoms with Gasteiger partial charge in [-0.05, 0) is 63.0 Å². The van der Waals surface area contributed by atoms with E-state index in [1.54, 1.807) is 7.11 Å². The number of hydrogen-bond donors (Lipinski definition) is 2. The average molecular weight is 471 g/mol. The zero-order valence-electron chi connectivity index (χ0n) is 19.7. The predicted molar refractivity (Wildman–Crippen MR) is 122 cm³/mol. The molecule has 2 fully saturated rings. The van der Waals surface area contributed by atoms with E-state index in [4.69, 9.17) is 4.74 Å². The van der Waals surface area contributed by atoms with E-state index in [9.17, 15) is 18.0 Å². The number of hydrogen-bond acceptors (Lipinski definition) is 5. The highest BCUT2D eigenvalue weighted by molar-refractivity contribution is 5.82. The van der Waals surface area contributed by atoms with Gasteiger partial charge in [0.15, 0.2) is 0 Å². The second kappa shape index (κ2) is 12.1. The van der Waals surface area contributed by atoms with Gasteiger partial charge in [0.2, 0.25) is 5.91 Å². The van der Waals surface area contributed by atoms with Gasteiger partial charge < -0.3 is 20.3 Å². The van der Waals surface area contributed by atoms with Crippen LogP contribution in [0.3, 0.4) is 0 Å². The maximum Gasteiger partial charge on any atom is 0.416 e. The number of piperidine rings is 1. The molecule has 1 aromatic rings. The molecule has 0 bridgehead atoms. The summed E-state index contributed by atoms with van der Waals surface area (Å²) < 4.78 is 43.4. The average Bonchev–Trinajstić information content (AvgIpc) is 3.23. The summed E-state index contributed by atoms with van der Waals surface area (Å²) in [5.41, 5.74) is 0.163. The Morgan fingerprint density at radius 3 is 2.48 bits per heavy atom. The van der Waals surface area contributed by atoms with Gasteiger partial charge in [-0.3, -0.25) is 9.69 Å². The number of methoxy groups -OCH3 is 1. The number of likely N-dealkylation sites (tertiary alicyclic amines) is 2. The highest BCUT2D eigenvalue weighted by Gasteiger charge is 2.41. The van der Waals surface area contributed by atoms with Crippen molar-refractivity contribution < 1.29 is 22.7 Å². The first-order valence-electron chi connectivity index (χ1n) is 12.0. The standard InChI is InChI=1S/C24H37F3N4O2/c1-3-11-30-12-8-21(9-13-30)31-17-20(15-22(31)23(32)28-10-14-33-2)29-16-18-4-6-19(7-5-18)24(25,26)27/h4-7,20-22,29H,3,8-17H2,1-2H3,(H,28,32)/t20-,22-/m0/s1. The molecule has 0 unspecified atom stereocenters. The van der Waals surface area contributed by atoms with Gasteiger partial charge in [-0.25, -0.2) is 0 Å². The number of benzene rings is 1. The van der Waals surface area contributed by atoms with Crippen molar-refractivity contribution in [3.63, 3.8) is 0 Å². The van der Waals surface area contributed by atoms with E-state index in [1.165, 1.54) is 12.1 Å². The molecule has 9 heteroatoms. The first-order chi connectivity index (χ1) is 15.8. The van der Waals surface area contributed by atoms with Gasteiger partial charge in [-0.1, -0.05) is 19.1 Å². The third kappa shape index (κ3) is 7.40. The lowest BCUT2D eigenvalue weighted by Gasteiger charge is -2.39. The molecular weight excluding hydrogens is 433 g/mol. The zero-order chi connectivity index (χ0) is 23.8. The molecule has 0 saturated carbocycles. The van der Waals surface area contributed by atoms with Crippen molar-refractivity contribution in [3.8, 4) is 0 Å². The molecular formula is C24H37F3N4O2. The smallest absolute Gasteiger partial charge is 0.383 e. The molecule has 0 aliphatic carbocycles. The fraction of sp³-hybridized carbons (Fsp3) is 0.708. The minimum absolute atomic E-state index is 0.0295. The molecule has 0 radical (unpaired) electrons. The van der Waals surface area contributed by atoms with E-state index < -0.39 is 11.7 Å². The Balaban J connectivity index is 1.59. The Labute approximate surface area is 194 Å². The number of carbonyl (C=O) groups excluding carboxylic acids is 1. The van der Waals surface area contributed by atoms with Crippen LogP contribution in [0.2, 0.25) is 0 Å². The molecule has 2 aliphatic rings. The Kier molecular flexibility index (Phi) is 9.55. The summed E-state index contributed by atoms with van der Waals surface area (Å²) in [6, 6.07) is 5.55. The zero-order valence-corrected chi connectivity index (χ0v) is 19.7. The second-order valence-electron chi connectivity index (χ2n) is 9.08. The molecule has 0 aromatic heterocycles. The fourth-order valence-electron chi connectivity index (χ4n) is 4.93. The normalized spacial score (nSPS) is 23.2. The second-order valence-corrected chi connectivity index (χ2v) is 9.08. The molecule has 2 heterocycles. The quantitative estimate of drug-likeness (QED) is 0.515. The van der Waals surface area contributed by atoms with Crippen LogP contribution in [0.1, 0.15) is 43.7 Å². The Hall–Kier alpha value is -1.68. The van der Waals surface area contributed by atoms with Crippen LogP contribution in [0.4, 0.5) is 13.2 Å². The van der Waals surface area contributed by atoms with Crippen LogP contribution in [0.25, 0.3) is 0 Å². The number of nitrogens with zero attached hydrogens (tertiary/aromatic N) is 2. The van der Waals surface area contributed by atoms with Crippen LogP contribution in [0.15, 0.2) is 24.3 Å². The third-order valence-corrected chi connectivity index (χ3v) is 6.69. The molecule has 2 saturated heterocycles. The minimum atomic E-state index is -4.33. The molecule has 2 atom stereocenters. The van der Waals surface area contributed by atoms with Crippen molar-refractivity contribution in [1.82, 2.24) is 20.4 Å². The van der Waals surface area contributed by atoms with Gasteiger partial charge in [-0.2, -0.15) is 13.2 Å². The van der Waals surface area contributed by atoms with Gasteiger partial charge in [0.05, 0.1) is 18.2 Å². The van der Waals surface area contributed by atoms with Gasteiger partial charge in [-0.15, -0.1) is 0 Å². The van der Waals surface area contributed by atoms with Gasteiger partial charge in [0, 0.05) is 38.8 Å². The first kappa shape index (κ1) is 25.9. The van der Waals surface area contributed by atoms with E-state index in [2.05, 4.69) is 27.4 Å². The van der Waals surface area contributed by atoms with Gasteiger partial charge >= 0.3 is 6.18 Å². The van der Waals surface area contributed by atoms with Crippen LogP contribution >= 0.6 is 0 Å². The number of alkyl halides is 3. The predicted octanol–water partition coefficient (Wildman–Crippen LogP) is 2.87. The van der Waals surface area contributed by atoms with Crippen molar-refractivity contribution >= 4 is 5.91 Å². The number of nitrogens with one attached hydrogen (secondary N) is 2. The van der Waals surface area contributed by atoms with E-state index in [1.807, 2.05) is 0 Å². The van der Waals surface area contributed by atoms with Crippen LogP contribution in [-0.2, 0) is 22.3 Å². The third-order valence-electron chi connectivity index (χ3n) is 6.69. The lowest BCUT2D eigenvalue weighted by molar-refractivity contribution is -0.137. The lowest BCUT2D eigenvalue weighted by atomic mass is 10.0. The topological polar surface area (TPSA) is 56.8 Å². The van der Waals surface area contributed by atoms with Crippen molar-refractivity contribution in [2.24, 2.45) is 0 Å². The number of rotatable bonds is 10. The van der Waals surface area contributed by atoms with E-state index >= 15 is 0 Å². The van der Waals surface area contributed by atoms with E-state index in [0.29, 0.717) is 32.2 Å². The number of carbonyl (C=O) groups is 1. The highest BCUT2D eigenvalue weighted by Crippen LogP contribution is 2.30. The van der Waals surface area contributed by atoms with Crippen molar-refractivity contribution in [3.05, 3.63) is 35.4 Å². The number of ether oxygens (including phenoxy) is 1. The molecule has 1 aromatic carbocycles. The summed E-state index contributed by atoms with van der Waals surface area (Å²) in [7, 11) is 1.61. The van der Waals surface area contributed by atoms with Gasteiger partial charge in [0.25, 0.3) is 0 Å². The molecule has 0 spiro atoms. The maximum absolute atomic E-state index is 12.9. The van der Waals surface area contributed by atoms with Crippen LogP contribution in [-0.4, -0.2) is 80.3 Å². The molecule has 1 amide bonds. The van der Waals surface area contributed by atoms with Crippen LogP contribution < -0.4 is 10.6 Å². The number of halogens is 3. The summed E-state index contributed by atoms with van der Waals surface area (Å²) in [4.78, 5) is 17.8. The van der Waals surface area contributed by atoms with E-state index in [-0.39, 0.29) is 18.0 Å². The first-order valence-corrected chi connectivity index (χ1v) is 12.0. The summed E-state index contributed by atoms with van der Waals surface area (Å²) in [6.45, 7) is 7.62. The summed E-state index contributed by atoms with van der Waals surface area (Å²) in [6.07, 6.45) is -0.390. The molecule has 6 nitrogen and oxygen atoms in total. The summed E-state index contributed by atoms with van der Waals surface area (Å²) in [5.74, 6) is 0.0295. The molecule has 2 N–H and O–H groups in total. The molecule has 186 valence electrons. The van der Waals surface area contributed by atoms with Crippen molar-refractivity contribution in [1.29, 1.82) is 0 Å². The largest absolute Gasteiger partial charge is 0.416 e. The number of amides is 1. The van der Waals surface area contributed by atoms with Crippen LogP contribution in [0, 0.1) is 0 Å². The van der Waals surface area contributed by atoms with Crippen molar-refractivity contribution in [2.75, 3.05) is 46.4 Å². The minimum Gasteiger partial charge on any atom is -0.383 e. The Morgan fingerprint density at radius 2 is 1.88 bits per heavy atom. The fourth-order valence-corrected chi connectivity index (χ4v) is 4.93. The van der Waals surface area contributed by atoms with E-state index in [0.717, 1.165) is 63.1 Å². The summed E-state index contributed by atoms with van der Waals surface area (Å²) >= 11 is 0. The van der Waals surface area contributed by atoms with Crippen LogP contribution in [0.5, 0.6) is 0 Å². The van der Waals surface area contributed by atoms with Crippen molar-refractivity contribution in [2.45, 2.75) is 63.5 Å². The monoisotopic (exact) mass is 470 g/mol. The summed E-state index contributed by atoms with van der Waals surface area (Å²) in [5, 5.41) is 6.46. The Morgan fingerprint density at radius 1 is 1.18 bits per heavy atom. The Bertz CT molecular complexity index is 736. The molecule has 33 heavy (non-hydrogen) atoms. The molecule has 2 aliphatic heterocycles.